The molecule has 10 heavy (non-hydrogen) atoms. The highest BCUT2D eigenvalue weighted by Gasteiger charge is 2.50. The van der Waals surface area contributed by atoms with Gasteiger partial charge in [-0.05, 0) is 13.1 Å². The van der Waals surface area contributed by atoms with Crippen LogP contribution in [-0.2, 0) is 0 Å². The van der Waals surface area contributed by atoms with Crippen LogP contribution in [0.25, 0.3) is 0 Å². The molecule has 0 spiro atoms. The lowest BCUT2D eigenvalue weighted by Crippen LogP contribution is -2.39. The summed E-state index contributed by atoms with van der Waals surface area (Å²) >= 11 is 0. The average Bonchev–Trinajstić information content (AvgIpc) is 1.84. The van der Waals surface area contributed by atoms with E-state index in [1.165, 1.54) is 13.6 Å². The number of hydrogen-bond acceptors (Lipinski definition) is 1. The molecule has 0 aromatic rings. The third-order valence-corrected chi connectivity index (χ3v) is 2.86. The minimum Gasteiger partial charge on any atom is -0.377 e. The summed E-state index contributed by atoms with van der Waals surface area (Å²) in [5, 5.41) is 6.40. The smallest absolute Gasteiger partial charge is 0.377 e. The lowest BCUT2D eigenvalue weighted by Gasteiger charge is -2.27. The first-order valence-electron chi connectivity index (χ1n) is 2.85. The van der Waals surface area contributed by atoms with E-state index in [-0.39, 0.29) is 6.42 Å². The van der Waals surface area contributed by atoms with Crippen LogP contribution < -0.4 is 0 Å². The number of alkyl halides is 3. The molecule has 0 fully saturated rings. The molecule has 0 aromatic heterocycles. The van der Waals surface area contributed by atoms with Crippen LogP contribution in [0.15, 0.2) is 0 Å². The third kappa shape index (κ3) is 1.83. The van der Waals surface area contributed by atoms with Gasteiger partial charge in [-0.1, -0.05) is 15.5 Å². The van der Waals surface area contributed by atoms with Crippen LogP contribution in [0, 0.1) is 0 Å². The molecule has 1 nitrogen and oxygen atoms in total. The summed E-state index contributed by atoms with van der Waals surface area (Å²) < 4.78 is 35.6. The SMILES string of the molecule is CCC(O)(PC)C(F)(F)F. The number of rotatable bonds is 2. The van der Waals surface area contributed by atoms with Crippen molar-refractivity contribution in [2.75, 3.05) is 6.66 Å². The fraction of sp³-hybridized carbons (Fsp3) is 1.00. The molecule has 0 saturated heterocycles. The number of hydrogen-bond donors (Lipinski definition) is 1. The van der Waals surface area contributed by atoms with Gasteiger partial charge in [-0.25, -0.2) is 0 Å². The molecule has 0 aromatic carbocycles. The van der Waals surface area contributed by atoms with Gasteiger partial charge < -0.3 is 5.11 Å². The molecule has 0 aliphatic carbocycles. The molecule has 0 rings (SSSR count). The summed E-state index contributed by atoms with van der Waals surface area (Å²) in [5.41, 5.74) is 0. The Kier molecular flexibility index (Phi) is 3.11. The van der Waals surface area contributed by atoms with Crippen LogP contribution in [0.2, 0.25) is 0 Å². The zero-order valence-corrected chi connectivity index (χ0v) is 6.79. The number of aliphatic hydroxyl groups is 1. The van der Waals surface area contributed by atoms with Gasteiger partial charge in [-0.15, -0.1) is 0 Å². The highest BCUT2D eigenvalue weighted by Crippen LogP contribution is 2.43. The normalized spacial score (nSPS) is 19.8. The van der Waals surface area contributed by atoms with Crippen LogP contribution in [-0.4, -0.2) is 23.3 Å². The summed E-state index contributed by atoms with van der Waals surface area (Å²) in [7, 11) is -0.516. The monoisotopic (exact) mass is 174 g/mol. The van der Waals surface area contributed by atoms with E-state index < -0.39 is 20.1 Å². The van der Waals surface area contributed by atoms with Crippen LogP contribution in [0.3, 0.4) is 0 Å². The quantitative estimate of drug-likeness (QED) is 0.634. The van der Waals surface area contributed by atoms with Crippen molar-refractivity contribution in [3.8, 4) is 0 Å². The van der Waals surface area contributed by atoms with Crippen molar-refractivity contribution in [3.63, 3.8) is 0 Å². The highest BCUT2D eigenvalue weighted by atomic mass is 31.1. The second kappa shape index (κ2) is 3.05. The van der Waals surface area contributed by atoms with Crippen LogP contribution in [0.4, 0.5) is 13.2 Å². The maximum Gasteiger partial charge on any atom is 0.420 e. The summed E-state index contributed by atoms with van der Waals surface area (Å²) in [6.07, 6.45) is -4.75. The molecule has 62 valence electrons. The first kappa shape index (κ1) is 10.2. The van der Waals surface area contributed by atoms with Gasteiger partial charge in [0.2, 0.25) is 0 Å². The molecule has 1 N–H and O–H groups in total. The Morgan fingerprint density at radius 1 is 1.40 bits per heavy atom. The molecule has 5 heteroatoms. The highest BCUT2D eigenvalue weighted by molar-refractivity contribution is 7.38. The minimum atomic E-state index is -4.48. The fourth-order valence-electron chi connectivity index (χ4n) is 0.519. The molecule has 0 aliphatic rings. The van der Waals surface area contributed by atoms with Crippen molar-refractivity contribution in [2.24, 2.45) is 0 Å². The standard InChI is InChI=1S/C5H10F3OP/c1-3-4(9,10-2)5(6,7)8/h9-10H,3H2,1-2H3. The molecule has 0 amide bonds. The maximum atomic E-state index is 11.9. The molecule has 0 bridgehead atoms. The predicted molar refractivity (Wildman–Crippen MR) is 35.5 cm³/mol. The Morgan fingerprint density at radius 2 is 1.80 bits per heavy atom. The Balaban J connectivity index is 4.33. The fourth-order valence-corrected chi connectivity index (χ4v) is 1.16. The van der Waals surface area contributed by atoms with E-state index in [0.29, 0.717) is 0 Å². The van der Waals surface area contributed by atoms with E-state index in [1.54, 1.807) is 0 Å². The van der Waals surface area contributed by atoms with Crippen molar-refractivity contribution < 1.29 is 18.3 Å². The maximum absolute atomic E-state index is 11.9. The van der Waals surface area contributed by atoms with E-state index in [1.807, 2.05) is 0 Å². The molecule has 0 radical (unpaired) electrons. The molecule has 0 heterocycles. The summed E-state index contributed by atoms with van der Waals surface area (Å²) in [6, 6.07) is 0. The van der Waals surface area contributed by atoms with Crippen molar-refractivity contribution in [2.45, 2.75) is 24.9 Å². The van der Waals surface area contributed by atoms with Gasteiger partial charge >= 0.3 is 6.18 Å². The summed E-state index contributed by atoms with van der Waals surface area (Å²) in [4.78, 5) is 0. The van der Waals surface area contributed by atoms with E-state index in [2.05, 4.69) is 0 Å². The van der Waals surface area contributed by atoms with Crippen LogP contribution in [0.1, 0.15) is 13.3 Å². The van der Waals surface area contributed by atoms with Crippen molar-refractivity contribution in [3.05, 3.63) is 0 Å². The van der Waals surface area contributed by atoms with Gasteiger partial charge in [-0.2, -0.15) is 13.2 Å². The zero-order chi connectivity index (χ0) is 8.41. The molecule has 0 aliphatic heterocycles. The molecular weight excluding hydrogens is 164 g/mol. The molecular formula is C5H10F3OP. The van der Waals surface area contributed by atoms with Gasteiger partial charge in [-0.3, -0.25) is 0 Å². The second-order valence-electron chi connectivity index (χ2n) is 1.96. The van der Waals surface area contributed by atoms with Crippen molar-refractivity contribution in [1.29, 1.82) is 0 Å². The van der Waals surface area contributed by atoms with Gasteiger partial charge in [0.05, 0.1) is 0 Å². The topological polar surface area (TPSA) is 20.2 Å². The molecule has 2 unspecified atom stereocenters. The molecule has 0 saturated carbocycles. The Labute approximate surface area is 59.4 Å². The van der Waals surface area contributed by atoms with Gasteiger partial charge in [0.1, 0.15) is 0 Å². The van der Waals surface area contributed by atoms with E-state index >= 15 is 0 Å². The summed E-state index contributed by atoms with van der Waals surface area (Å²) in [6.45, 7) is 2.67. The van der Waals surface area contributed by atoms with Crippen molar-refractivity contribution >= 4 is 8.58 Å². The molecule has 2 atom stereocenters. The van der Waals surface area contributed by atoms with Gasteiger partial charge in [0, 0.05) is 0 Å². The summed E-state index contributed by atoms with van der Waals surface area (Å²) in [5.74, 6) is 0. The van der Waals surface area contributed by atoms with Crippen molar-refractivity contribution in [1.82, 2.24) is 0 Å². The average molecular weight is 174 g/mol. The lowest BCUT2D eigenvalue weighted by atomic mass is 10.2. The van der Waals surface area contributed by atoms with Gasteiger partial charge in [0.15, 0.2) is 5.34 Å². The number of halogens is 3. The van der Waals surface area contributed by atoms with E-state index in [0.717, 1.165) is 0 Å². The predicted octanol–water partition coefficient (Wildman–Crippen LogP) is 1.96. The largest absolute Gasteiger partial charge is 0.420 e. The Hall–Kier alpha value is 0.180. The Bertz CT molecular complexity index is 108. The second-order valence-corrected chi connectivity index (χ2v) is 3.29. The van der Waals surface area contributed by atoms with Crippen LogP contribution in [0.5, 0.6) is 0 Å². The van der Waals surface area contributed by atoms with E-state index in [9.17, 15) is 13.2 Å². The van der Waals surface area contributed by atoms with E-state index in [4.69, 9.17) is 5.11 Å². The zero-order valence-electron chi connectivity index (χ0n) is 5.79. The first-order chi connectivity index (χ1) is 4.37. The van der Waals surface area contributed by atoms with Crippen LogP contribution >= 0.6 is 8.58 Å². The lowest BCUT2D eigenvalue weighted by molar-refractivity contribution is -0.222. The first-order valence-corrected chi connectivity index (χ1v) is 4.35. The van der Waals surface area contributed by atoms with Gasteiger partial charge in [0.25, 0.3) is 0 Å². The third-order valence-electron chi connectivity index (χ3n) is 1.39. The minimum absolute atomic E-state index is 0.272. The Morgan fingerprint density at radius 3 is 1.80 bits per heavy atom.